The van der Waals surface area contributed by atoms with Gasteiger partial charge in [0.25, 0.3) is 0 Å². The van der Waals surface area contributed by atoms with Crippen molar-refractivity contribution in [3.63, 3.8) is 0 Å². The lowest BCUT2D eigenvalue weighted by atomic mass is 9.85. The molecule has 0 saturated heterocycles. The van der Waals surface area contributed by atoms with Gasteiger partial charge in [-0.05, 0) is 210 Å². The van der Waals surface area contributed by atoms with Crippen molar-refractivity contribution in [2.45, 2.75) is 0 Å². The Balaban J connectivity index is 0.000000110. The molecule has 0 aliphatic heterocycles. The van der Waals surface area contributed by atoms with E-state index in [0.29, 0.717) is 0 Å². The van der Waals surface area contributed by atoms with E-state index in [1.807, 2.05) is 0 Å². The molecule has 0 heterocycles. The summed E-state index contributed by atoms with van der Waals surface area (Å²) in [5.74, 6) is 0. The van der Waals surface area contributed by atoms with E-state index >= 15 is 0 Å². The predicted octanol–water partition coefficient (Wildman–Crippen LogP) is 28.8. The van der Waals surface area contributed by atoms with Gasteiger partial charge in [0.15, 0.2) is 0 Å². The molecule has 0 atom stereocenters. The Labute approximate surface area is 594 Å². The molecule has 476 valence electrons. The minimum Gasteiger partial charge on any atom is -0.0622 e. The van der Waals surface area contributed by atoms with Crippen molar-refractivity contribution in [2.24, 2.45) is 0 Å². The highest BCUT2D eigenvalue weighted by Crippen LogP contribution is 2.48. The molecule has 20 aromatic carbocycles. The Hall–Kier alpha value is -13.3. The maximum Gasteiger partial charge on any atom is -0.00262 e. The summed E-state index contributed by atoms with van der Waals surface area (Å²) in [5.41, 5.74) is 20.3. The zero-order valence-electron chi connectivity index (χ0n) is 56.3. The molecular formula is C102H68. The zero-order valence-corrected chi connectivity index (χ0v) is 56.3. The normalized spacial score (nSPS) is 11.3. The van der Waals surface area contributed by atoms with Crippen molar-refractivity contribution in [1.82, 2.24) is 0 Å². The molecule has 0 aromatic heterocycles. The molecule has 0 N–H and O–H groups in total. The lowest BCUT2D eigenvalue weighted by molar-refractivity contribution is 1.61. The first kappa shape index (κ1) is 61.1. The molecule has 0 amide bonds. The lowest BCUT2D eigenvalue weighted by Crippen LogP contribution is -1.91. The minimum atomic E-state index is 1.24. The van der Waals surface area contributed by atoms with Gasteiger partial charge in [-0.1, -0.05) is 388 Å². The van der Waals surface area contributed by atoms with Gasteiger partial charge in [-0.25, -0.2) is 0 Å². The highest BCUT2D eigenvalue weighted by atomic mass is 14.2. The fraction of sp³-hybridized carbons (Fsp3) is 0. The van der Waals surface area contributed by atoms with Gasteiger partial charge in [-0.3, -0.25) is 0 Å². The SMILES string of the molecule is c1ccc(-c2c3ccccc3c(-c3ccc4ccccc4c3)c3ccccc23)cc1.c1ccc(-c2ccc(-c3c4ccccc4c(-c4ccc5ccccc5c4)c4ccccc34)cc2)cc1.c1ccc(-c2cccc(-c3c4ccccc4c(-c4ccc5ccccc5c4)c4ccccc34)c2)cc1. The Kier molecular flexibility index (Phi) is 16.1. The summed E-state index contributed by atoms with van der Waals surface area (Å²) in [6, 6.07) is 149. The maximum absolute atomic E-state index is 2.33. The molecule has 0 unspecified atom stereocenters. The molecule has 0 aliphatic rings. The van der Waals surface area contributed by atoms with E-state index in [1.165, 1.54) is 186 Å². The lowest BCUT2D eigenvalue weighted by Gasteiger charge is -2.18. The van der Waals surface area contributed by atoms with E-state index in [2.05, 4.69) is 413 Å². The predicted molar refractivity (Wildman–Crippen MR) is 440 cm³/mol. The first-order chi connectivity index (χ1) is 50.6. The van der Waals surface area contributed by atoms with Crippen LogP contribution in [0.5, 0.6) is 0 Å². The van der Waals surface area contributed by atoms with Gasteiger partial charge in [-0.15, -0.1) is 0 Å². The topological polar surface area (TPSA) is 0 Å². The zero-order chi connectivity index (χ0) is 67.7. The number of fused-ring (bicyclic) bond motifs is 9. The summed E-state index contributed by atoms with van der Waals surface area (Å²) in [6.45, 7) is 0. The fourth-order valence-corrected chi connectivity index (χ4v) is 15.8. The van der Waals surface area contributed by atoms with Crippen LogP contribution in [0.3, 0.4) is 0 Å². The van der Waals surface area contributed by atoms with E-state index in [9.17, 15) is 0 Å². The van der Waals surface area contributed by atoms with Gasteiger partial charge >= 0.3 is 0 Å². The van der Waals surface area contributed by atoms with E-state index in [1.54, 1.807) is 0 Å². The van der Waals surface area contributed by atoms with Crippen LogP contribution in [-0.4, -0.2) is 0 Å². The van der Waals surface area contributed by atoms with E-state index in [4.69, 9.17) is 0 Å². The second-order valence-corrected chi connectivity index (χ2v) is 26.5. The van der Waals surface area contributed by atoms with Crippen LogP contribution in [-0.2, 0) is 0 Å². The van der Waals surface area contributed by atoms with Crippen molar-refractivity contribution in [3.8, 4) is 89.0 Å². The Morgan fingerprint density at radius 3 is 0.569 bits per heavy atom. The average molecular weight is 1290 g/mol. The van der Waals surface area contributed by atoms with Crippen molar-refractivity contribution in [2.75, 3.05) is 0 Å². The van der Waals surface area contributed by atoms with E-state index < -0.39 is 0 Å². The van der Waals surface area contributed by atoms with Gasteiger partial charge in [-0.2, -0.15) is 0 Å². The van der Waals surface area contributed by atoms with Crippen LogP contribution in [0.15, 0.2) is 413 Å². The monoisotopic (exact) mass is 1290 g/mol. The summed E-state index contributed by atoms with van der Waals surface area (Å²) in [5, 5.41) is 23.1. The highest BCUT2D eigenvalue weighted by molar-refractivity contribution is 6.25. The third-order valence-corrected chi connectivity index (χ3v) is 20.5. The van der Waals surface area contributed by atoms with Gasteiger partial charge in [0.1, 0.15) is 0 Å². The molecule has 0 spiro atoms. The van der Waals surface area contributed by atoms with E-state index in [-0.39, 0.29) is 0 Å². The summed E-state index contributed by atoms with van der Waals surface area (Å²) in [4.78, 5) is 0. The molecule has 0 radical (unpaired) electrons. The van der Waals surface area contributed by atoms with Crippen LogP contribution in [0, 0.1) is 0 Å². The second kappa shape index (κ2) is 26.9. The number of hydrogen-bond acceptors (Lipinski definition) is 0. The first-order valence-corrected chi connectivity index (χ1v) is 35.3. The Morgan fingerprint density at radius 1 is 0.0882 bits per heavy atom. The minimum absolute atomic E-state index is 1.24. The largest absolute Gasteiger partial charge is 0.0622 e. The standard InChI is InChI=1S/2C36H24.C30H20/c1-2-11-25(12-3-1)28-15-10-16-29(23-28)35-31-17-6-8-19-33(31)36(34-20-9-7-18-32(34)35)30-22-21-26-13-4-5-14-27(26)24-30;1-2-10-25(11-3-1)27-18-21-28(22-19-27)35-31-14-6-8-16-33(31)36(34-17-9-7-15-32(34)35)30-23-20-26-12-4-5-13-29(26)24-30;1-2-11-22(12-3-1)29-25-14-6-8-16-27(25)30(28-17-9-7-15-26(28)29)24-19-18-21-10-4-5-13-23(21)20-24/h2*1-24H;1-20H. The maximum atomic E-state index is 2.33. The quantitative estimate of drug-likeness (QED) is 0.133. The molecular weight excluding hydrogens is 1230 g/mol. The van der Waals surface area contributed by atoms with Gasteiger partial charge in [0, 0.05) is 0 Å². The molecule has 102 heavy (non-hydrogen) atoms. The third-order valence-electron chi connectivity index (χ3n) is 20.5. The summed E-state index contributed by atoms with van der Waals surface area (Å²) < 4.78 is 0. The summed E-state index contributed by atoms with van der Waals surface area (Å²) in [6.07, 6.45) is 0. The van der Waals surface area contributed by atoms with Gasteiger partial charge < -0.3 is 0 Å². The molecule has 0 bridgehead atoms. The number of hydrogen-bond donors (Lipinski definition) is 0. The highest BCUT2D eigenvalue weighted by Gasteiger charge is 2.21. The summed E-state index contributed by atoms with van der Waals surface area (Å²) >= 11 is 0. The van der Waals surface area contributed by atoms with E-state index in [0.717, 1.165) is 0 Å². The summed E-state index contributed by atoms with van der Waals surface area (Å²) in [7, 11) is 0. The average Bonchev–Trinajstić information content (AvgIpc) is 0.746. The number of benzene rings is 20. The first-order valence-electron chi connectivity index (χ1n) is 35.3. The molecule has 20 aromatic rings. The molecule has 0 aliphatic carbocycles. The van der Waals surface area contributed by atoms with Crippen LogP contribution in [0.2, 0.25) is 0 Å². The van der Waals surface area contributed by atoms with Crippen LogP contribution in [0.4, 0.5) is 0 Å². The molecule has 20 rings (SSSR count). The molecule has 0 nitrogen and oxygen atoms in total. The second-order valence-electron chi connectivity index (χ2n) is 26.5. The molecule has 0 fully saturated rings. The van der Waals surface area contributed by atoms with Crippen LogP contribution < -0.4 is 0 Å². The van der Waals surface area contributed by atoms with Crippen molar-refractivity contribution >= 4 is 97.0 Å². The number of rotatable bonds is 8. The third kappa shape index (κ3) is 11.4. The molecule has 0 heteroatoms. The molecule has 0 saturated carbocycles. The van der Waals surface area contributed by atoms with Crippen molar-refractivity contribution < 1.29 is 0 Å². The van der Waals surface area contributed by atoms with Gasteiger partial charge in [0.05, 0.1) is 0 Å². The van der Waals surface area contributed by atoms with Gasteiger partial charge in [0.2, 0.25) is 0 Å². The van der Waals surface area contributed by atoms with Crippen LogP contribution in [0.1, 0.15) is 0 Å². The van der Waals surface area contributed by atoms with Crippen LogP contribution in [0.25, 0.3) is 186 Å². The smallest absolute Gasteiger partial charge is 0.00262 e. The van der Waals surface area contributed by atoms with Crippen LogP contribution >= 0.6 is 0 Å². The van der Waals surface area contributed by atoms with Crippen molar-refractivity contribution in [1.29, 1.82) is 0 Å². The van der Waals surface area contributed by atoms with Crippen molar-refractivity contribution in [3.05, 3.63) is 413 Å². The Morgan fingerprint density at radius 2 is 0.265 bits per heavy atom. The Bertz CT molecular complexity index is 6350. The fourth-order valence-electron chi connectivity index (χ4n) is 15.8.